The topological polar surface area (TPSA) is 55.8 Å². The number of nitrogens with zero attached hydrogens (tertiary/aromatic N) is 2. The molecule has 0 saturated carbocycles. The maximum atomic E-state index is 13.1. The van der Waals surface area contributed by atoms with Gasteiger partial charge in [0, 0.05) is 49.4 Å². The predicted octanol–water partition coefficient (Wildman–Crippen LogP) is 3.65. The van der Waals surface area contributed by atoms with E-state index >= 15 is 0 Å². The third kappa shape index (κ3) is 5.50. The van der Waals surface area contributed by atoms with Gasteiger partial charge in [-0.1, -0.05) is 41.9 Å². The van der Waals surface area contributed by atoms with Crippen molar-refractivity contribution in [2.45, 2.75) is 45.4 Å². The highest BCUT2D eigenvalue weighted by Gasteiger charge is 2.38. The standard InChI is InChI=1S/C23H30ClN3O2/c1-3-26(4-2)23(29)21-13-20(25-14-18-7-5-6-8-22(18)28)16-27(21)15-17-9-11-19(24)12-10-17/h5-12,20-21,25,28H,3-4,13-16H2,1-2H3/t20-,21+/m1/s1. The van der Waals surface area contributed by atoms with Crippen molar-refractivity contribution >= 4 is 17.5 Å². The van der Waals surface area contributed by atoms with Gasteiger partial charge in [-0.05, 0) is 44.0 Å². The minimum Gasteiger partial charge on any atom is -0.508 e. The Balaban J connectivity index is 1.71. The fourth-order valence-electron chi connectivity index (χ4n) is 3.97. The van der Waals surface area contributed by atoms with Crippen LogP contribution in [0.5, 0.6) is 5.75 Å². The summed E-state index contributed by atoms with van der Waals surface area (Å²) in [4.78, 5) is 17.3. The molecule has 1 fully saturated rings. The SMILES string of the molecule is CCN(CC)C(=O)[C@@H]1C[C@@H](NCc2ccccc2O)CN1Cc1ccc(Cl)cc1. The molecular formula is C23H30ClN3O2. The van der Waals surface area contributed by atoms with Crippen molar-refractivity contribution in [1.82, 2.24) is 15.1 Å². The van der Waals surface area contributed by atoms with E-state index in [0.717, 1.165) is 37.2 Å². The number of likely N-dealkylation sites (N-methyl/N-ethyl adjacent to an activating group) is 1. The molecule has 2 aromatic carbocycles. The summed E-state index contributed by atoms with van der Waals surface area (Å²) in [6.45, 7) is 7.56. The molecule has 156 valence electrons. The quantitative estimate of drug-likeness (QED) is 0.691. The number of nitrogens with one attached hydrogen (secondary N) is 1. The molecule has 1 heterocycles. The summed E-state index contributed by atoms with van der Waals surface area (Å²) < 4.78 is 0. The number of carbonyl (C=O) groups is 1. The number of halogens is 1. The number of phenols is 1. The van der Waals surface area contributed by atoms with E-state index in [-0.39, 0.29) is 18.0 Å². The Morgan fingerprint density at radius 2 is 1.86 bits per heavy atom. The number of benzene rings is 2. The van der Waals surface area contributed by atoms with Crippen LogP contribution in [0.1, 0.15) is 31.4 Å². The molecule has 0 aromatic heterocycles. The predicted molar refractivity (Wildman–Crippen MR) is 117 cm³/mol. The second kappa shape index (κ2) is 10.1. The molecule has 5 nitrogen and oxygen atoms in total. The molecule has 2 N–H and O–H groups in total. The number of amides is 1. The summed E-state index contributed by atoms with van der Waals surface area (Å²) in [5, 5.41) is 14.3. The van der Waals surface area contributed by atoms with Crippen LogP contribution in [0.2, 0.25) is 5.02 Å². The van der Waals surface area contributed by atoms with Gasteiger partial charge in [-0.3, -0.25) is 9.69 Å². The largest absolute Gasteiger partial charge is 0.508 e. The van der Waals surface area contributed by atoms with E-state index in [4.69, 9.17) is 11.6 Å². The summed E-state index contributed by atoms with van der Waals surface area (Å²) in [5.74, 6) is 0.489. The Labute approximate surface area is 178 Å². The molecule has 1 amide bonds. The Morgan fingerprint density at radius 3 is 2.52 bits per heavy atom. The van der Waals surface area contributed by atoms with Crippen LogP contribution in [0.3, 0.4) is 0 Å². The smallest absolute Gasteiger partial charge is 0.239 e. The van der Waals surface area contributed by atoms with Crippen molar-refractivity contribution in [1.29, 1.82) is 0 Å². The first-order valence-corrected chi connectivity index (χ1v) is 10.7. The first kappa shape index (κ1) is 21.6. The Kier molecular flexibility index (Phi) is 7.53. The molecule has 3 rings (SSSR count). The maximum Gasteiger partial charge on any atom is 0.239 e. The summed E-state index contributed by atoms with van der Waals surface area (Å²) in [6.07, 6.45) is 0.760. The molecule has 1 aliphatic heterocycles. The highest BCUT2D eigenvalue weighted by molar-refractivity contribution is 6.30. The molecule has 0 bridgehead atoms. The number of phenolic OH excluding ortho intramolecular Hbond substituents is 1. The van der Waals surface area contributed by atoms with Crippen molar-refractivity contribution in [3.8, 4) is 5.75 Å². The van der Waals surface area contributed by atoms with Crippen LogP contribution >= 0.6 is 11.6 Å². The van der Waals surface area contributed by atoms with Gasteiger partial charge in [-0.2, -0.15) is 0 Å². The molecule has 0 unspecified atom stereocenters. The van der Waals surface area contributed by atoms with E-state index in [1.54, 1.807) is 6.07 Å². The van der Waals surface area contributed by atoms with Crippen molar-refractivity contribution in [3.63, 3.8) is 0 Å². The van der Waals surface area contributed by atoms with Gasteiger partial charge in [0.1, 0.15) is 5.75 Å². The molecule has 1 aliphatic rings. The zero-order valence-electron chi connectivity index (χ0n) is 17.1. The van der Waals surface area contributed by atoms with Crippen molar-refractivity contribution in [2.24, 2.45) is 0 Å². The van der Waals surface area contributed by atoms with Gasteiger partial charge in [0.05, 0.1) is 6.04 Å². The fraction of sp³-hybridized carbons (Fsp3) is 0.435. The minimum atomic E-state index is -0.146. The zero-order chi connectivity index (χ0) is 20.8. The number of hydrogen-bond donors (Lipinski definition) is 2. The van der Waals surface area contributed by atoms with Gasteiger partial charge in [-0.25, -0.2) is 0 Å². The normalized spacial score (nSPS) is 19.4. The lowest BCUT2D eigenvalue weighted by Crippen LogP contribution is -2.45. The van der Waals surface area contributed by atoms with Crippen molar-refractivity contribution in [3.05, 3.63) is 64.7 Å². The Morgan fingerprint density at radius 1 is 1.17 bits per heavy atom. The van der Waals surface area contributed by atoms with E-state index < -0.39 is 0 Å². The lowest BCUT2D eigenvalue weighted by atomic mass is 10.1. The van der Waals surface area contributed by atoms with Crippen LogP contribution in [0.25, 0.3) is 0 Å². The van der Waals surface area contributed by atoms with Gasteiger partial charge >= 0.3 is 0 Å². The lowest BCUT2D eigenvalue weighted by Gasteiger charge is -2.28. The van der Waals surface area contributed by atoms with E-state index in [0.29, 0.717) is 23.9 Å². The summed E-state index contributed by atoms with van der Waals surface area (Å²) in [5.41, 5.74) is 2.02. The average molecular weight is 416 g/mol. The number of aromatic hydroxyl groups is 1. The first-order chi connectivity index (χ1) is 14.0. The van der Waals surface area contributed by atoms with Gasteiger partial charge in [-0.15, -0.1) is 0 Å². The Bertz CT molecular complexity index is 808. The molecule has 0 aliphatic carbocycles. The third-order valence-corrected chi connectivity index (χ3v) is 5.89. The third-order valence-electron chi connectivity index (χ3n) is 5.64. The summed E-state index contributed by atoms with van der Waals surface area (Å²) in [6, 6.07) is 15.2. The van der Waals surface area contributed by atoms with Crippen LogP contribution in [-0.2, 0) is 17.9 Å². The van der Waals surface area contributed by atoms with E-state index in [1.807, 2.05) is 61.2 Å². The highest BCUT2D eigenvalue weighted by Crippen LogP contribution is 2.24. The number of likely N-dealkylation sites (tertiary alicyclic amines) is 1. The molecule has 0 radical (unpaired) electrons. The Hall–Kier alpha value is -2.08. The van der Waals surface area contributed by atoms with Crippen LogP contribution in [0.4, 0.5) is 0 Å². The van der Waals surface area contributed by atoms with Gasteiger partial charge in [0.15, 0.2) is 0 Å². The number of carbonyl (C=O) groups excluding carboxylic acids is 1. The summed E-state index contributed by atoms with van der Waals surface area (Å²) >= 11 is 6.02. The minimum absolute atomic E-state index is 0.146. The number of hydrogen-bond acceptors (Lipinski definition) is 4. The van der Waals surface area contributed by atoms with E-state index in [2.05, 4.69) is 10.2 Å². The van der Waals surface area contributed by atoms with Crippen LogP contribution < -0.4 is 5.32 Å². The van der Waals surface area contributed by atoms with Crippen molar-refractivity contribution < 1.29 is 9.90 Å². The molecule has 0 spiro atoms. The van der Waals surface area contributed by atoms with E-state index in [1.165, 1.54) is 0 Å². The van der Waals surface area contributed by atoms with Crippen LogP contribution in [0, 0.1) is 0 Å². The average Bonchev–Trinajstić information content (AvgIpc) is 3.12. The lowest BCUT2D eigenvalue weighted by molar-refractivity contribution is -0.135. The number of rotatable bonds is 8. The van der Waals surface area contributed by atoms with Crippen molar-refractivity contribution in [2.75, 3.05) is 19.6 Å². The van der Waals surface area contributed by atoms with Crippen LogP contribution in [0.15, 0.2) is 48.5 Å². The molecule has 1 saturated heterocycles. The first-order valence-electron chi connectivity index (χ1n) is 10.3. The maximum absolute atomic E-state index is 13.1. The summed E-state index contributed by atoms with van der Waals surface area (Å²) in [7, 11) is 0. The second-order valence-electron chi connectivity index (χ2n) is 7.52. The molecular weight excluding hydrogens is 386 g/mol. The molecule has 6 heteroatoms. The highest BCUT2D eigenvalue weighted by atomic mass is 35.5. The molecule has 2 atom stereocenters. The second-order valence-corrected chi connectivity index (χ2v) is 7.96. The fourth-order valence-corrected chi connectivity index (χ4v) is 4.09. The zero-order valence-corrected chi connectivity index (χ0v) is 17.9. The van der Waals surface area contributed by atoms with E-state index in [9.17, 15) is 9.90 Å². The van der Waals surface area contributed by atoms with Crippen LogP contribution in [-0.4, -0.2) is 52.5 Å². The van der Waals surface area contributed by atoms with Gasteiger partial charge < -0.3 is 15.3 Å². The molecule has 2 aromatic rings. The van der Waals surface area contributed by atoms with Gasteiger partial charge in [0.2, 0.25) is 5.91 Å². The number of para-hydroxylation sites is 1. The monoisotopic (exact) mass is 415 g/mol. The van der Waals surface area contributed by atoms with Gasteiger partial charge in [0.25, 0.3) is 0 Å². The molecule has 29 heavy (non-hydrogen) atoms.